The Morgan fingerprint density at radius 3 is 2.57 bits per heavy atom. The minimum absolute atomic E-state index is 0.0661. The highest BCUT2D eigenvalue weighted by molar-refractivity contribution is 5.77. The van der Waals surface area contributed by atoms with Crippen molar-refractivity contribution < 1.29 is 14.3 Å². The molecule has 1 amide bonds. The molecule has 1 aromatic carbocycles. The van der Waals surface area contributed by atoms with Crippen LogP contribution in [0.25, 0.3) is 16.9 Å². The smallest absolute Gasteiger partial charge is 0.220 e. The van der Waals surface area contributed by atoms with Gasteiger partial charge in [-0.15, -0.1) is 0 Å². The third-order valence-electron chi connectivity index (χ3n) is 5.23. The predicted octanol–water partition coefficient (Wildman–Crippen LogP) is 2.12. The van der Waals surface area contributed by atoms with Crippen LogP contribution < -0.4 is 20.1 Å². The van der Waals surface area contributed by atoms with Crippen molar-refractivity contribution in [2.75, 3.05) is 32.2 Å². The standard InChI is InChI=1S/C20H23N5O3/c1-27-16-4-3-14(11-17(16)28-2)15-12-18-22-7-10-25(18)20(23-15)24-8-5-13(6-9-24)19(21)26/h3-4,7,10-13H,5-6,8-9H2,1-2H3,(H2,21,26). The van der Waals surface area contributed by atoms with Crippen molar-refractivity contribution in [3.8, 4) is 22.8 Å². The number of amides is 1. The molecule has 0 atom stereocenters. The molecule has 8 nitrogen and oxygen atoms in total. The van der Waals surface area contributed by atoms with Crippen molar-refractivity contribution in [2.24, 2.45) is 11.7 Å². The SMILES string of the molecule is COc1ccc(-c2cc3nccn3c(N3CCC(C(N)=O)CC3)n2)cc1OC. The fourth-order valence-corrected chi connectivity index (χ4v) is 3.64. The fraction of sp³-hybridized carbons (Fsp3) is 0.350. The number of methoxy groups -OCH3 is 2. The summed E-state index contributed by atoms with van der Waals surface area (Å²) in [6.45, 7) is 1.45. The highest BCUT2D eigenvalue weighted by Gasteiger charge is 2.25. The summed E-state index contributed by atoms with van der Waals surface area (Å²) in [6, 6.07) is 7.67. The first kappa shape index (κ1) is 18.1. The molecule has 3 aromatic rings. The number of carbonyl (C=O) groups is 1. The Hall–Kier alpha value is -3.29. The van der Waals surface area contributed by atoms with E-state index in [2.05, 4.69) is 9.88 Å². The van der Waals surface area contributed by atoms with Gasteiger partial charge in [-0.2, -0.15) is 0 Å². The maximum Gasteiger partial charge on any atom is 0.220 e. The number of rotatable bonds is 5. The Balaban J connectivity index is 1.73. The van der Waals surface area contributed by atoms with Gasteiger partial charge in [-0.25, -0.2) is 9.97 Å². The lowest BCUT2D eigenvalue weighted by Crippen LogP contribution is -2.39. The largest absolute Gasteiger partial charge is 0.493 e. The molecule has 8 heteroatoms. The molecule has 3 heterocycles. The fourth-order valence-electron chi connectivity index (χ4n) is 3.64. The molecule has 0 unspecified atom stereocenters. The summed E-state index contributed by atoms with van der Waals surface area (Å²) < 4.78 is 12.7. The molecule has 1 saturated heterocycles. The Morgan fingerprint density at radius 1 is 1.14 bits per heavy atom. The van der Waals surface area contributed by atoms with Crippen molar-refractivity contribution in [2.45, 2.75) is 12.8 Å². The van der Waals surface area contributed by atoms with Crippen LogP contribution in [0.3, 0.4) is 0 Å². The van der Waals surface area contributed by atoms with E-state index < -0.39 is 0 Å². The number of carbonyl (C=O) groups excluding carboxylic acids is 1. The van der Waals surface area contributed by atoms with E-state index in [1.54, 1.807) is 20.4 Å². The second-order valence-electron chi connectivity index (χ2n) is 6.83. The molecule has 0 radical (unpaired) electrons. The van der Waals surface area contributed by atoms with Gasteiger partial charge in [0.05, 0.1) is 19.9 Å². The molecule has 0 aliphatic carbocycles. The van der Waals surface area contributed by atoms with E-state index in [0.29, 0.717) is 11.5 Å². The first-order valence-electron chi connectivity index (χ1n) is 9.21. The zero-order valence-corrected chi connectivity index (χ0v) is 16.0. The molecule has 1 aliphatic heterocycles. The highest BCUT2D eigenvalue weighted by Crippen LogP contribution is 2.33. The van der Waals surface area contributed by atoms with Crippen LogP contribution in [0, 0.1) is 5.92 Å². The van der Waals surface area contributed by atoms with Gasteiger partial charge in [0.15, 0.2) is 11.5 Å². The molecule has 2 N–H and O–H groups in total. The van der Waals surface area contributed by atoms with E-state index >= 15 is 0 Å². The Labute approximate surface area is 162 Å². The van der Waals surface area contributed by atoms with Crippen LogP contribution >= 0.6 is 0 Å². The number of anilines is 1. The molecule has 0 spiro atoms. The third kappa shape index (κ3) is 3.21. The van der Waals surface area contributed by atoms with Gasteiger partial charge in [0.2, 0.25) is 11.9 Å². The van der Waals surface area contributed by atoms with Crippen molar-refractivity contribution in [1.82, 2.24) is 14.4 Å². The summed E-state index contributed by atoms with van der Waals surface area (Å²) in [5.74, 6) is 1.83. The number of primary amides is 1. The summed E-state index contributed by atoms with van der Waals surface area (Å²) in [7, 11) is 3.22. The van der Waals surface area contributed by atoms with Crippen LogP contribution in [0.5, 0.6) is 11.5 Å². The monoisotopic (exact) mass is 381 g/mol. The van der Waals surface area contributed by atoms with Crippen LogP contribution in [-0.4, -0.2) is 47.6 Å². The Kier molecular flexibility index (Phi) is 4.77. The predicted molar refractivity (Wildman–Crippen MR) is 106 cm³/mol. The average molecular weight is 381 g/mol. The third-order valence-corrected chi connectivity index (χ3v) is 5.23. The van der Waals surface area contributed by atoms with Gasteiger partial charge in [-0.1, -0.05) is 0 Å². The number of nitrogens with zero attached hydrogens (tertiary/aromatic N) is 4. The van der Waals surface area contributed by atoms with E-state index in [4.69, 9.17) is 20.2 Å². The molecular weight excluding hydrogens is 358 g/mol. The van der Waals surface area contributed by atoms with Gasteiger partial charge in [-0.05, 0) is 31.0 Å². The summed E-state index contributed by atoms with van der Waals surface area (Å²) in [6.07, 6.45) is 5.12. The molecular formula is C20H23N5O3. The first-order chi connectivity index (χ1) is 13.6. The lowest BCUT2D eigenvalue weighted by molar-refractivity contribution is -0.122. The average Bonchev–Trinajstić information content (AvgIpc) is 3.21. The van der Waals surface area contributed by atoms with E-state index in [1.807, 2.05) is 34.9 Å². The van der Waals surface area contributed by atoms with Crippen LogP contribution in [0.4, 0.5) is 5.95 Å². The molecule has 4 rings (SSSR count). The number of ether oxygens (including phenoxy) is 2. The quantitative estimate of drug-likeness (QED) is 0.727. The zero-order chi connectivity index (χ0) is 19.7. The second kappa shape index (κ2) is 7.38. The van der Waals surface area contributed by atoms with Crippen LogP contribution in [0.2, 0.25) is 0 Å². The Bertz CT molecular complexity index is 1010. The number of hydrogen-bond donors (Lipinski definition) is 1. The maximum absolute atomic E-state index is 11.5. The molecule has 0 saturated carbocycles. The van der Waals surface area contributed by atoms with Crippen LogP contribution in [0.1, 0.15) is 12.8 Å². The van der Waals surface area contributed by atoms with Crippen LogP contribution in [0.15, 0.2) is 36.7 Å². The molecule has 1 fully saturated rings. The van der Waals surface area contributed by atoms with Gasteiger partial charge in [0.1, 0.15) is 5.65 Å². The molecule has 146 valence electrons. The van der Waals surface area contributed by atoms with E-state index in [9.17, 15) is 4.79 Å². The van der Waals surface area contributed by atoms with E-state index in [-0.39, 0.29) is 11.8 Å². The summed E-state index contributed by atoms with van der Waals surface area (Å²) in [4.78, 5) is 23.0. The van der Waals surface area contributed by atoms with Crippen LogP contribution in [-0.2, 0) is 4.79 Å². The number of piperidine rings is 1. The number of benzene rings is 1. The number of imidazole rings is 1. The van der Waals surface area contributed by atoms with Gasteiger partial charge in [-0.3, -0.25) is 9.20 Å². The molecule has 2 aromatic heterocycles. The topological polar surface area (TPSA) is 95.0 Å². The molecule has 1 aliphatic rings. The first-order valence-corrected chi connectivity index (χ1v) is 9.21. The number of fused-ring (bicyclic) bond motifs is 1. The number of hydrogen-bond acceptors (Lipinski definition) is 6. The second-order valence-corrected chi connectivity index (χ2v) is 6.83. The molecule has 0 bridgehead atoms. The maximum atomic E-state index is 11.5. The number of aromatic nitrogens is 3. The minimum Gasteiger partial charge on any atom is -0.493 e. The summed E-state index contributed by atoms with van der Waals surface area (Å²) in [5, 5.41) is 0. The highest BCUT2D eigenvalue weighted by atomic mass is 16.5. The van der Waals surface area contributed by atoms with Gasteiger partial charge < -0.3 is 20.1 Å². The lowest BCUT2D eigenvalue weighted by Gasteiger charge is -2.31. The number of nitrogens with two attached hydrogens (primary N) is 1. The lowest BCUT2D eigenvalue weighted by atomic mass is 9.96. The van der Waals surface area contributed by atoms with E-state index in [0.717, 1.165) is 48.8 Å². The normalized spacial score (nSPS) is 15.0. The Morgan fingerprint density at radius 2 is 1.89 bits per heavy atom. The summed E-state index contributed by atoms with van der Waals surface area (Å²) >= 11 is 0. The summed E-state index contributed by atoms with van der Waals surface area (Å²) in [5.41, 5.74) is 7.99. The van der Waals surface area contributed by atoms with Crippen molar-refractivity contribution >= 4 is 17.5 Å². The van der Waals surface area contributed by atoms with Gasteiger partial charge in [0.25, 0.3) is 0 Å². The van der Waals surface area contributed by atoms with Gasteiger partial charge in [0, 0.05) is 43.0 Å². The van der Waals surface area contributed by atoms with E-state index in [1.165, 1.54) is 0 Å². The minimum atomic E-state index is -0.223. The van der Waals surface area contributed by atoms with Gasteiger partial charge >= 0.3 is 0 Å². The molecule has 28 heavy (non-hydrogen) atoms. The van der Waals surface area contributed by atoms with Crippen molar-refractivity contribution in [3.05, 3.63) is 36.7 Å². The van der Waals surface area contributed by atoms with Crippen molar-refractivity contribution in [3.63, 3.8) is 0 Å². The van der Waals surface area contributed by atoms with Crippen molar-refractivity contribution in [1.29, 1.82) is 0 Å². The zero-order valence-electron chi connectivity index (χ0n) is 16.0.